The summed E-state index contributed by atoms with van der Waals surface area (Å²) >= 11 is 0. The van der Waals surface area contributed by atoms with E-state index in [4.69, 9.17) is 5.73 Å². The molecular weight excluding hydrogens is 378 g/mol. The van der Waals surface area contributed by atoms with Crippen molar-refractivity contribution in [1.29, 1.82) is 0 Å². The van der Waals surface area contributed by atoms with Crippen LogP contribution in [0.15, 0.2) is 54.6 Å². The van der Waals surface area contributed by atoms with E-state index in [0.717, 1.165) is 24.8 Å². The topological polar surface area (TPSA) is 46.2 Å². The number of phenolic OH excluding ortho intramolecular Hbond substituents is 1. The molecule has 3 N–H and O–H groups in total. The third kappa shape index (κ3) is 3.52. The van der Waals surface area contributed by atoms with Gasteiger partial charge in [-0.1, -0.05) is 77.1 Å². The van der Waals surface area contributed by atoms with Gasteiger partial charge >= 0.3 is 0 Å². The summed E-state index contributed by atoms with van der Waals surface area (Å²) in [6.07, 6.45) is 3.35. The lowest BCUT2D eigenvalue weighted by Gasteiger charge is -2.28. The smallest absolute Gasteiger partial charge is 0.138 e. The van der Waals surface area contributed by atoms with Crippen molar-refractivity contribution in [2.75, 3.05) is 5.73 Å². The van der Waals surface area contributed by atoms with Gasteiger partial charge in [-0.15, -0.1) is 0 Å². The van der Waals surface area contributed by atoms with Gasteiger partial charge in [0.15, 0.2) is 0 Å². The minimum Gasteiger partial charge on any atom is -0.506 e. The molecule has 2 heteroatoms. The maximum absolute atomic E-state index is 10.0. The van der Waals surface area contributed by atoms with Crippen LogP contribution < -0.4 is 5.73 Å². The number of hydrogen-bond acceptors (Lipinski definition) is 2. The first kappa shape index (κ1) is 21.5. The van der Waals surface area contributed by atoms with Crippen LogP contribution >= 0.6 is 0 Å². The molecule has 0 spiro atoms. The zero-order chi connectivity index (χ0) is 22.3. The molecule has 162 valence electrons. The van der Waals surface area contributed by atoms with Gasteiger partial charge in [-0.05, 0) is 81.7 Å². The maximum atomic E-state index is 10.0. The number of phenols is 1. The molecule has 0 saturated carbocycles. The average molecular weight is 414 g/mol. The molecule has 0 saturated heterocycles. The van der Waals surface area contributed by atoms with E-state index < -0.39 is 0 Å². The van der Waals surface area contributed by atoms with Gasteiger partial charge in [0.05, 0.1) is 5.69 Å². The minimum absolute atomic E-state index is 0.134. The van der Waals surface area contributed by atoms with Crippen molar-refractivity contribution >= 4 is 5.69 Å². The van der Waals surface area contributed by atoms with Gasteiger partial charge in [0.1, 0.15) is 5.75 Å². The third-order valence-corrected chi connectivity index (χ3v) is 7.86. The van der Waals surface area contributed by atoms with E-state index in [1.165, 1.54) is 33.4 Å². The first-order valence-corrected chi connectivity index (χ1v) is 11.7. The molecule has 3 aromatic rings. The molecular formula is C29H35NO. The van der Waals surface area contributed by atoms with E-state index in [2.05, 4.69) is 71.0 Å². The van der Waals surface area contributed by atoms with Crippen LogP contribution in [0.25, 0.3) is 11.1 Å². The summed E-state index contributed by atoms with van der Waals surface area (Å²) in [6.45, 7) is 11.5. The normalized spacial score (nSPS) is 16.1. The molecule has 0 bridgehead atoms. The molecule has 0 aliphatic heterocycles. The van der Waals surface area contributed by atoms with Crippen molar-refractivity contribution < 1.29 is 5.11 Å². The van der Waals surface area contributed by atoms with Gasteiger partial charge in [-0.2, -0.15) is 0 Å². The van der Waals surface area contributed by atoms with Gasteiger partial charge in [0.2, 0.25) is 0 Å². The van der Waals surface area contributed by atoms with Gasteiger partial charge in [0.25, 0.3) is 0 Å². The van der Waals surface area contributed by atoms with Crippen LogP contribution in [0, 0.1) is 0 Å². The fourth-order valence-corrected chi connectivity index (χ4v) is 4.97. The van der Waals surface area contributed by atoms with Crippen molar-refractivity contribution in [1.82, 2.24) is 0 Å². The zero-order valence-corrected chi connectivity index (χ0v) is 19.5. The van der Waals surface area contributed by atoms with Crippen LogP contribution in [0.2, 0.25) is 0 Å². The average Bonchev–Trinajstić information content (AvgIpc) is 3.12. The van der Waals surface area contributed by atoms with E-state index in [-0.39, 0.29) is 17.1 Å². The van der Waals surface area contributed by atoms with Crippen molar-refractivity contribution in [3.8, 4) is 16.9 Å². The predicted molar refractivity (Wildman–Crippen MR) is 132 cm³/mol. The highest BCUT2D eigenvalue weighted by Gasteiger charge is 2.33. The quantitative estimate of drug-likeness (QED) is 0.251. The van der Waals surface area contributed by atoms with E-state index >= 15 is 0 Å². The number of rotatable bonds is 6. The highest BCUT2D eigenvalue weighted by molar-refractivity contribution is 5.82. The number of fused-ring (bicyclic) bond motifs is 3. The lowest BCUT2D eigenvalue weighted by molar-refractivity contribution is 0.438. The fourth-order valence-electron chi connectivity index (χ4n) is 4.97. The molecule has 31 heavy (non-hydrogen) atoms. The monoisotopic (exact) mass is 413 g/mol. The van der Waals surface area contributed by atoms with Crippen LogP contribution in [0.4, 0.5) is 5.69 Å². The number of nitrogen functional groups attached to an aromatic ring is 1. The molecule has 1 aliphatic carbocycles. The Morgan fingerprint density at radius 3 is 2.16 bits per heavy atom. The van der Waals surface area contributed by atoms with Crippen molar-refractivity contribution in [3.05, 3.63) is 82.4 Å². The molecule has 2 nitrogen and oxygen atoms in total. The number of aromatic hydroxyl groups is 1. The number of nitrogens with two attached hydrogens (primary N) is 1. The van der Waals surface area contributed by atoms with Crippen molar-refractivity contribution in [3.63, 3.8) is 0 Å². The molecule has 0 fully saturated rings. The zero-order valence-electron chi connectivity index (χ0n) is 19.5. The Hall–Kier alpha value is -2.74. The summed E-state index contributed by atoms with van der Waals surface area (Å²) in [5, 5.41) is 10.0. The van der Waals surface area contributed by atoms with Crippen LogP contribution in [-0.2, 0) is 5.41 Å². The van der Waals surface area contributed by atoms with E-state index in [9.17, 15) is 5.11 Å². The van der Waals surface area contributed by atoms with Gasteiger partial charge < -0.3 is 10.8 Å². The van der Waals surface area contributed by atoms with Crippen LogP contribution in [-0.4, -0.2) is 5.11 Å². The van der Waals surface area contributed by atoms with Crippen LogP contribution in [0.1, 0.15) is 93.5 Å². The first-order chi connectivity index (χ1) is 14.8. The Morgan fingerprint density at radius 2 is 1.55 bits per heavy atom. The molecule has 0 heterocycles. The first-order valence-electron chi connectivity index (χ1n) is 11.7. The molecule has 0 radical (unpaired) electrons. The summed E-state index contributed by atoms with van der Waals surface area (Å²) in [5.41, 5.74) is 16.0. The Morgan fingerprint density at radius 1 is 0.903 bits per heavy atom. The summed E-state index contributed by atoms with van der Waals surface area (Å²) in [6, 6.07) is 19.8. The minimum atomic E-state index is 0.134. The summed E-state index contributed by atoms with van der Waals surface area (Å²) in [7, 11) is 0. The highest BCUT2D eigenvalue weighted by atomic mass is 16.3. The maximum Gasteiger partial charge on any atom is 0.138 e. The second-order valence-electron chi connectivity index (χ2n) is 9.48. The van der Waals surface area contributed by atoms with Crippen molar-refractivity contribution in [2.45, 2.75) is 71.1 Å². The van der Waals surface area contributed by atoms with Crippen molar-refractivity contribution in [2.24, 2.45) is 0 Å². The highest BCUT2D eigenvalue weighted by Crippen LogP contribution is 2.50. The Bertz CT molecular complexity index is 1110. The molecule has 2 unspecified atom stereocenters. The number of anilines is 1. The molecule has 0 amide bonds. The SMILES string of the molecule is CCC(C)c1ccc2c(c1)C(c1ccc(O)c(N)c1)c1cc(C(C)(CC)CC)ccc1-2. The second-order valence-corrected chi connectivity index (χ2v) is 9.48. The summed E-state index contributed by atoms with van der Waals surface area (Å²) in [4.78, 5) is 0. The van der Waals surface area contributed by atoms with Crippen LogP contribution in [0.3, 0.4) is 0 Å². The van der Waals surface area contributed by atoms with E-state index in [1.54, 1.807) is 6.07 Å². The molecule has 0 aromatic heterocycles. The second kappa shape index (κ2) is 8.07. The summed E-state index contributed by atoms with van der Waals surface area (Å²) in [5.74, 6) is 0.808. The lowest BCUT2D eigenvalue weighted by Crippen LogP contribution is -2.19. The molecule has 4 rings (SSSR count). The van der Waals surface area contributed by atoms with Gasteiger partial charge in [-0.25, -0.2) is 0 Å². The third-order valence-electron chi connectivity index (χ3n) is 7.86. The fraction of sp³-hybridized carbons (Fsp3) is 0.379. The lowest BCUT2D eigenvalue weighted by atomic mass is 9.76. The van der Waals surface area contributed by atoms with Gasteiger partial charge in [0, 0.05) is 5.92 Å². The molecule has 1 aliphatic rings. The largest absolute Gasteiger partial charge is 0.506 e. The van der Waals surface area contributed by atoms with Crippen LogP contribution in [0.5, 0.6) is 5.75 Å². The Balaban J connectivity index is 1.95. The Kier molecular flexibility index (Phi) is 5.60. The number of hydrogen-bond donors (Lipinski definition) is 2. The molecule has 3 aromatic carbocycles. The standard InChI is InChI=1S/C29H35NO/c1-6-18(4)19-9-12-22-23-13-11-21(29(5,7-2)8-3)17-25(23)28(24(22)15-19)20-10-14-27(31)26(30)16-20/h9-18,28,31H,6-8,30H2,1-5H3. The summed E-state index contributed by atoms with van der Waals surface area (Å²) < 4.78 is 0. The predicted octanol–water partition coefficient (Wildman–Crippen LogP) is 7.73. The molecule has 2 atom stereocenters. The van der Waals surface area contributed by atoms with Gasteiger partial charge in [-0.3, -0.25) is 0 Å². The number of benzene rings is 3. The van der Waals surface area contributed by atoms with E-state index in [1.807, 2.05) is 12.1 Å². The van der Waals surface area contributed by atoms with E-state index in [0.29, 0.717) is 11.6 Å². The Labute approximate surface area is 187 Å².